The molecule has 0 spiro atoms. The number of ether oxygens (including phenoxy) is 2. The highest BCUT2D eigenvalue weighted by Crippen LogP contribution is 2.29. The minimum atomic E-state index is 0.0790. The van der Waals surface area contributed by atoms with Gasteiger partial charge in [-0.25, -0.2) is 4.98 Å². The summed E-state index contributed by atoms with van der Waals surface area (Å²) in [7, 11) is 1.67. The standard InChI is InChI=1S/C20H23N3O3S/c1-12-19(13(2)24)27-20(22-12)23-6-7-26-16(11-23)8-14-10-21-18-9-15(25-3)4-5-17(14)18/h4-5,9-10,16,21H,6-8,11H2,1-3H3. The summed E-state index contributed by atoms with van der Waals surface area (Å²) in [6.07, 6.45) is 2.96. The number of H-pyrrole nitrogens is 1. The molecule has 1 aliphatic rings. The predicted octanol–water partition coefficient (Wildman–Crippen LogP) is 3.59. The fourth-order valence-electron chi connectivity index (χ4n) is 3.57. The molecule has 1 unspecified atom stereocenters. The summed E-state index contributed by atoms with van der Waals surface area (Å²) in [5, 5.41) is 2.11. The number of benzene rings is 1. The lowest BCUT2D eigenvalue weighted by atomic mass is 10.1. The number of rotatable bonds is 5. The van der Waals surface area contributed by atoms with E-state index in [1.165, 1.54) is 22.3 Å². The van der Waals surface area contributed by atoms with Crippen LogP contribution in [0.1, 0.15) is 27.9 Å². The van der Waals surface area contributed by atoms with Crippen molar-refractivity contribution in [2.45, 2.75) is 26.4 Å². The number of thiazole rings is 1. The number of anilines is 1. The number of morpholine rings is 1. The topological polar surface area (TPSA) is 67.4 Å². The van der Waals surface area contributed by atoms with Gasteiger partial charge in [0.25, 0.3) is 0 Å². The van der Waals surface area contributed by atoms with Gasteiger partial charge in [0.15, 0.2) is 10.9 Å². The van der Waals surface area contributed by atoms with E-state index in [9.17, 15) is 4.79 Å². The molecule has 27 heavy (non-hydrogen) atoms. The Morgan fingerprint density at radius 3 is 3.07 bits per heavy atom. The summed E-state index contributed by atoms with van der Waals surface area (Å²) in [4.78, 5) is 22.6. The van der Waals surface area contributed by atoms with Crippen LogP contribution < -0.4 is 9.64 Å². The van der Waals surface area contributed by atoms with E-state index in [1.807, 2.05) is 25.3 Å². The van der Waals surface area contributed by atoms with Crippen LogP contribution in [0.15, 0.2) is 24.4 Å². The van der Waals surface area contributed by atoms with Gasteiger partial charge in [0, 0.05) is 49.6 Å². The van der Waals surface area contributed by atoms with Crippen molar-refractivity contribution in [3.8, 4) is 5.75 Å². The molecule has 1 aliphatic heterocycles. The lowest BCUT2D eigenvalue weighted by Gasteiger charge is -2.32. The quantitative estimate of drug-likeness (QED) is 0.680. The number of aromatic amines is 1. The monoisotopic (exact) mass is 385 g/mol. The smallest absolute Gasteiger partial charge is 0.186 e. The maximum Gasteiger partial charge on any atom is 0.186 e. The summed E-state index contributed by atoms with van der Waals surface area (Å²) in [6.45, 7) is 5.72. The molecule has 0 amide bonds. The van der Waals surface area contributed by atoms with Crippen molar-refractivity contribution in [3.63, 3.8) is 0 Å². The normalized spacial score (nSPS) is 17.4. The van der Waals surface area contributed by atoms with Crippen molar-refractivity contribution in [1.29, 1.82) is 0 Å². The van der Waals surface area contributed by atoms with Crippen LogP contribution in [0.4, 0.5) is 5.13 Å². The third-order valence-electron chi connectivity index (χ3n) is 4.94. The van der Waals surface area contributed by atoms with Crippen LogP contribution in [0, 0.1) is 6.92 Å². The molecule has 0 aliphatic carbocycles. The molecule has 0 radical (unpaired) electrons. The minimum absolute atomic E-state index is 0.0790. The van der Waals surface area contributed by atoms with Crippen LogP contribution >= 0.6 is 11.3 Å². The van der Waals surface area contributed by atoms with E-state index < -0.39 is 0 Å². The van der Waals surface area contributed by atoms with Crippen molar-refractivity contribution in [1.82, 2.24) is 9.97 Å². The second-order valence-corrected chi connectivity index (χ2v) is 7.81. The number of hydrogen-bond donors (Lipinski definition) is 1. The average molecular weight is 385 g/mol. The molecule has 1 atom stereocenters. The third kappa shape index (κ3) is 3.57. The Kier molecular flexibility index (Phi) is 4.88. The summed E-state index contributed by atoms with van der Waals surface area (Å²) in [6, 6.07) is 6.08. The van der Waals surface area contributed by atoms with Crippen molar-refractivity contribution in [3.05, 3.63) is 40.5 Å². The van der Waals surface area contributed by atoms with E-state index in [0.717, 1.165) is 46.5 Å². The number of ketones is 1. The largest absolute Gasteiger partial charge is 0.497 e. The molecule has 2 aromatic heterocycles. The lowest BCUT2D eigenvalue weighted by Crippen LogP contribution is -2.43. The van der Waals surface area contributed by atoms with E-state index in [-0.39, 0.29) is 11.9 Å². The van der Waals surface area contributed by atoms with Gasteiger partial charge in [0.2, 0.25) is 0 Å². The molecule has 0 bridgehead atoms. The molecule has 142 valence electrons. The molecule has 4 rings (SSSR count). The fourth-order valence-corrected chi connectivity index (χ4v) is 4.56. The maximum absolute atomic E-state index is 11.7. The first-order chi connectivity index (χ1) is 13.0. The van der Waals surface area contributed by atoms with Gasteiger partial charge in [0.05, 0.1) is 30.4 Å². The number of aryl methyl sites for hydroxylation is 1. The van der Waals surface area contributed by atoms with Crippen molar-refractivity contribution in [2.24, 2.45) is 0 Å². The lowest BCUT2D eigenvalue weighted by molar-refractivity contribution is 0.0412. The van der Waals surface area contributed by atoms with Crippen molar-refractivity contribution < 1.29 is 14.3 Å². The van der Waals surface area contributed by atoms with Crippen LogP contribution in [-0.4, -0.2) is 48.7 Å². The summed E-state index contributed by atoms with van der Waals surface area (Å²) < 4.78 is 11.3. The fraction of sp³-hybridized carbons (Fsp3) is 0.400. The van der Waals surface area contributed by atoms with E-state index in [0.29, 0.717) is 6.61 Å². The SMILES string of the molecule is COc1ccc2c(CC3CN(c4nc(C)c(C(C)=O)s4)CCO3)c[nH]c2c1. The van der Waals surface area contributed by atoms with E-state index in [2.05, 4.69) is 20.9 Å². The van der Waals surface area contributed by atoms with Gasteiger partial charge in [-0.3, -0.25) is 4.79 Å². The van der Waals surface area contributed by atoms with E-state index in [4.69, 9.17) is 9.47 Å². The van der Waals surface area contributed by atoms with Gasteiger partial charge in [-0.05, 0) is 24.6 Å². The Morgan fingerprint density at radius 2 is 2.33 bits per heavy atom. The first-order valence-corrected chi connectivity index (χ1v) is 9.85. The molecule has 7 heteroatoms. The van der Waals surface area contributed by atoms with Gasteiger partial charge in [-0.15, -0.1) is 0 Å². The number of hydrogen-bond acceptors (Lipinski definition) is 6. The number of methoxy groups -OCH3 is 1. The highest BCUT2D eigenvalue weighted by molar-refractivity contribution is 7.17. The Bertz CT molecular complexity index is 978. The summed E-state index contributed by atoms with van der Waals surface area (Å²) in [5.74, 6) is 0.923. The molecular weight excluding hydrogens is 362 g/mol. The summed E-state index contributed by atoms with van der Waals surface area (Å²) in [5.41, 5.74) is 3.12. The van der Waals surface area contributed by atoms with Gasteiger partial charge in [-0.2, -0.15) is 0 Å². The highest BCUT2D eigenvalue weighted by Gasteiger charge is 2.25. The van der Waals surface area contributed by atoms with E-state index in [1.54, 1.807) is 14.0 Å². The van der Waals surface area contributed by atoms with Crippen LogP contribution in [0.3, 0.4) is 0 Å². The van der Waals surface area contributed by atoms with Gasteiger partial charge in [0.1, 0.15) is 5.75 Å². The predicted molar refractivity (Wildman–Crippen MR) is 107 cm³/mol. The molecule has 1 aromatic carbocycles. The van der Waals surface area contributed by atoms with Gasteiger partial charge < -0.3 is 19.4 Å². The average Bonchev–Trinajstić information content (AvgIpc) is 3.25. The number of carbonyl (C=O) groups is 1. The van der Waals surface area contributed by atoms with Crippen molar-refractivity contribution in [2.75, 3.05) is 31.7 Å². The number of carbonyl (C=O) groups excluding carboxylic acids is 1. The third-order valence-corrected chi connectivity index (χ3v) is 6.26. The molecule has 1 fully saturated rings. The molecule has 6 nitrogen and oxygen atoms in total. The Balaban J connectivity index is 1.50. The second-order valence-electron chi connectivity index (χ2n) is 6.84. The first kappa shape index (κ1) is 18.0. The van der Waals surface area contributed by atoms with Crippen molar-refractivity contribution >= 4 is 33.2 Å². The van der Waals surface area contributed by atoms with Gasteiger partial charge in [-0.1, -0.05) is 11.3 Å². The maximum atomic E-state index is 11.7. The molecule has 3 heterocycles. The van der Waals surface area contributed by atoms with Crippen LogP contribution in [0.5, 0.6) is 5.75 Å². The molecule has 3 aromatic rings. The Labute approximate surface area is 162 Å². The zero-order valence-electron chi connectivity index (χ0n) is 15.7. The molecule has 0 saturated carbocycles. The number of nitrogens with one attached hydrogen (secondary N) is 1. The number of fused-ring (bicyclic) bond motifs is 1. The van der Waals surface area contributed by atoms with Gasteiger partial charge >= 0.3 is 0 Å². The molecule has 1 saturated heterocycles. The first-order valence-electron chi connectivity index (χ1n) is 9.04. The van der Waals surface area contributed by atoms with Crippen LogP contribution in [-0.2, 0) is 11.2 Å². The number of Topliss-reactive ketones (excluding diaryl/α,β-unsaturated/α-hetero) is 1. The van der Waals surface area contributed by atoms with Crippen LogP contribution in [0.25, 0.3) is 10.9 Å². The molecular formula is C20H23N3O3S. The minimum Gasteiger partial charge on any atom is -0.497 e. The zero-order chi connectivity index (χ0) is 19.0. The summed E-state index contributed by atoms with van der Waals surface area (Å²) >= 11 is 1.48. The number of aromatic nitrogens is 2. The zero-order valence-corrected chi connectivity index (χ0v) is 16.6. The number of nitrogens with zero attached hydrogens (tertiary/aromatic N) is 2. The Morgan fingerprint density at radius 1 is 1.48 bits per heavy atom. The highest BCUT2D eigenvalue weighted by atomic mass is 32.1. The Hall–Kier alpha value is -2.38. The molecule has 1 N–H and O–H groups in total. The van der Waals surface area contributed by atoms with E-state index >= 15 is 0 Å². The second kappa shape index (κ2) is 7.32. The van der Waals surface area contributed by atoms with Crippen LogP contribution in [0.2, 0.25) is 0 Å².